The van der Waals surface area contributed by atoms with Gasteiger partial charge in [-0.25, -0.2) is 4.98 Å². The molecule has 0 atom stereocenters. The second-order valence-corrected chi connectivity index (χ2v) is 4.18. The molecule has 1 aromatic rings. The van der Waals surface area contributed by atoms with Gasteiger partial charge in [0, 0.05) is 13.1 Å². The molecule has 0 bridgehead atoms. The maximum atomic E-state index is 10.8. The fourth-order valence-corrected chi connectivity index (χ4v) is 1.95. The molecule has 1 aromatic heterocycles. The van der Waals surface area contributed by atoms with Gasteiger partial charge in [0.05, 0.1) is 12.1 Å². The lowest BCUT2D eigenvalue weighted by molar-refractivity contribution is -0.142. The van der Waals surface area contributed by atoms with Crippen molar-refractivity contribution >= 4 is 17.7 Å². The molecule has 0 unspecified atom stereocenters. The molecule has 94 valence electrons. The van der Waals surface area contributed by atoms with Crippen molar-refractivity contribution < 1.29 is 9.90 Å². The van der Waals surface area contributed by atoms with Crippen molar-refractivity contribution in [2.24, 2.45) is 5.92 Å². The first-order valence-electron chi connectivity index (χ1n) is 5.62. The summed E-state index contributed by atoms with van der Waals surface area (Å²) in [6, 6.07) is 1.90. The van der Waals surface area contributed by atoms with Crippen molar-refractivity contribution in [1.82, 2.24) is 9.97 Å². The summed E-state index contributed by atoms with van der Waals surface area (Å²) in [6.45, 7) is 1.17. The monoisotopic (exact) mass is 247 g/mol. The number of aromatic nitrogens is 2. The molecule has 0 amide bonds. The van der Waals surface area contributed by atoms with Crippen molar-refractivity contribution in [3.8, 4) is 6.07 Å². The minimum atomic E-state index is -0.755. The number of hydrogen-bond acceptors (Lipinski definition) is 6. The Kier molecular flexibility index (Phi) is 3.28. The molecule has 0 aromatic carbocycles. The number of hydrogen-bond donors (Lipinski definition) is 2. The van der Waals surface area contributed by atoms with Crippen molar-refractivity contribution in [2.45, 2.75) is 12.8 Å². The predicted octanol–water partition coefficient (Wildman–Crippen LogP) is 0.231. The number of nitrogen functional groups attached to an aromatic ring is 1. The van der Waals surface area contributed by atoms with Crippen LogP contribution in [-0.4, -0.2) is 34.1 Å². The Hall–Kier alpha value is -2.36. The van der Waals surface area contributed by atoms with Crippen LogP contribution in [0.5, 0.6) is 0 Å². The molecule has 7 nitrogen and oxygen atoms in total. The standard InChI is InChI=1S/C11H13N5O2/c12-5-8-6-14-11(15-9(8)13)16-3-1-7(2-4-16)10(17)18/h6-7H,1-4H2,(H,17,18)(H2,13,14,15). The lowest BCUT2D eigenvalue weighted by Crippen LogP contribution is -2.37. The van der Waals surface area contributed by atoms with E-state index in [1.54, 1.807) is 0 Å². The van der Waals surface area contributed by atoms with Gasteiger partial charge in [-0.3, -0.25) is 4.79 Å². The Bertz CT molecular complexity index is 503. The highest BCUT2D eigenvalue weighted by Crippen LogP contribution is 2.21. The van der Waals surface area contributed by atoms with Crippen LogP contribution in [0, 0.1) is 17.2 Å². The number of carboxylic acid groups (broad SMARTS) is 1. The highest BCUT2D eigenvalue weighted by atomic mass is 16.4. The molecule has 7 heteroatoms. The number of nitriles is 1. The van der Waals surface area contributed by atoms with Crippen LogP contribution in [0.2, 0.25) is 0 Å². The van der Waals surface area contributed by atoms with Crippen LogP contribution in [0.1, 0.15) is 18.4 Å². The van der Waals surface area contributed by atoms with Crippen LogP contribution in [0.4, 0.5) is 11.8 Å². The Morgan fingerprint density at radius 2 is 2.22 bits per heavy atom. The average molecular weight is 247 g/mol. The van der Waals surface area contributed by atoms with Crippen molar-refractivity contribution in [2.75, 3.05) is 23.7 Å². The summed E-state index contributed by atoms with van der Waals surface area (Å²) in [5, 5.41) is 17.6. The van der Waals surface area contributed by atoms with Gasteiger partial charge in [-0.05, 0) is 12.8 Å². The molecule has 1 saturated heterocycles. The summed E-state index contributed by atoms with van der Waals surface area (Å²) in [4.78, 5) is 20.8. The maximum Gasteiger partial charge on any atom is 0.306 e. The summed E-state index contributed by atoms with van der Waals surface area (Å²) < 4.78 is 0. The van der Waals surface area contributed by atoms with E-state index in [2.05, 4.69) is 9.97 Å². The van der Waals surface area contributed by atoms with Gasteiger partial charge in [0.15, 0.2) is 0 Å². The minimum absolute atomic E-state index is 0.155. The van der Waals surface area contributed by atoms with E-state index >= 15 is 0 Å². The number of nitrogens with two attached hydrogens (primary N) is 1. The van der Waals surface area contributed by atoms with Gasteiger partial charge < -0.3 is 15.7 Å². The van der Waals surface area contributed by atoms with Crippen molar-refractivity contribution in [1.29, 1.82) is 5.26 Å². The zero-order valence-corrected chi connectivity index (χ0v) is 9.70. The zero-order chi connectivity index (χ0) is 13.1. The number of rotatable bonds is 2. The summed E-state index contributed by atoms with van der Waals surface area (Å²) in [5.41, 5.74) is 5.87. The molecule has 0 aliphatic carbocycles. The number of carboxylic acids is 1. The second kappa shape index (κ2) is 4.87. The third-order valence-electron chi connectivity index (χ3n) is 3.05. The molecular weight excluding hydrogens is 234 g/mol. The summed E-state index contributed by atoms with van der Waals surface area (Å²) in [6.07, 6.45) is 2.53. The molecule has 1 aliphatic rings. The smallest absolute Gasteiger partial charge is 0.306 e. The summed E-state index contributed by atoms with van der Waals surface area (Å²) in [7, 11) is 0. The first kappa shape index (κ1) is 12.1. The molecule has 0 spiro atoms. The quantitative estimate of drug-likeness (QED) is 0.768. The zero-order valence-electron chi connectivity index (χ0n) is 9.70. The number of anilines is 2. The van der Waals surface area contributed by atoms with E-state index < -0.39 is 5.97 Å². The van der Waals surface area contributed by atoms with Crippen molar-refractivity contribution in [3.05, 3.63) is 11.8 Å². The molecule has 0 saturated carbocycles. The van der Waals surface area contributed by atoms with Crippen LogP contribution in [-0.2, 0) is 4.79 Å². The molecule has 2 heterocycles. The Balaban J connectivity index is 2.08. The maximum absolute atomic E-state index is 10.8. The van der Waals surface area contributed by atoms with E-state index in [1.807, 2.05) is 11.0 Å². The minimum Gasteiger partial charge on any atom is -0.481 e. The Morgan fingerprint density at radius 1 is 1.56 bits per heavy atom. The number of aliphatic carboxylic acids is 1. The van der Waals surface area contributed by atoms with Crippen LogP contribution >= 0.6 is 0 Å². The lowest BCUT2D eigenvalue weighted by Gasteiger charge is -2.30. The van der Waals surface area contributed by atoms with Gasteiger partial charge in [-0.15, -0.1) is 0 Å². The van der Waals surface area contributed by atoms with Crippen LogP contribution < -0.4 is 10.6 Å². The first-order valence-corrected chi connectivity index (χ1v) is 5.62. The first-order chi connectivity index (χ1) is 8.61. The highest BCUT2D eigenvalue weighted by molar-refractivity contribution is 5.70. The lowest BCUT2D eigenvalue weighted by atomic mass is 9.97. The topological polar surface area (TPSA) is 116 Å². The van der Waals surface area contributed by atoms with E-state index in [0.717, 1.165) is 0 Å². The summed E-state index contributed by atoms with van der Waals surface area (Å²) in [5.74, 6) is -0.440. The van der Waals surface area contributed by atoms with E-state index in [-0.39, 0.29) is 17.3 Å². The van der Waals surface area contributed by atoms with Crippen LogP contribution in [0.25, 0.3) is 0 Å². The molecular formula is C11H13N5O2. The van der Waals surface area contributed by atoms with Crippen molar-refractivity contribution in [3.63, 3.8) is 0 Å². The van der Waals surface area contributed by atoms with Gasteiger partial charge in [0.25, 0.3) is 0 Å². The average Bonchev–Trinajstić information content (AvgIpc) is 2.38. The molecule has 0 radical (unpaired) electrons. The van der Waals surface area contributed by atoms with E-state index in [9.17, 15) is 4.79 Å². The third kappa shape index (κ3) is 2.32. The molecule has 2 rings (SSSR count). The Morgan fingerprint density at radius 3 is 2.72 bits per heavy atom. The molecule has 3 N–H and O–H groups in total. The van der Waals surface area contributed by atoms with E-state index in [4.69, 9.17) is 16.1 Å². The normalized spacial score (nSPS) is 16.3. The van der Waals surface area contributed by atoms with Gasteiger partial charge in [0.1, 0.15) is 17.5 Å². The van der Waals surface area contributed by atoms with E-state index in [1.165, 1.54) is 6.20 Å². The number of nitrogens with zero attached hydrogens (tertiary/aromatic N) is 4. The summed E-state index contributed by atoms with van der Waals surface area (Å²) >= 11 is 0. The van der Waals surface area contributed by atoms with Gasteiger partial charge >= 0.3 is 5.97 Å². The molecule has 18 heavy (non-hydrogen) atoms. The van der Waals surface area contributed by atoms with Gasteiger partial charge in [-0.2, -0.15) is 10.2 Å². The SMILES string of the molecule is N#Cc1cnc(N2CCC(C(=O)O)CC2)nc1N. The highest BCUT2D eigenvalue weighted by Gasteiger charge is 2.25. The molecule has 1 fully saturated rings. The van der Waals surface area contributed by atoms with E-state index in [0.29, 0.717) is 31.9 Å². The number of carbonyl (C=O) groups is 1. The Labute approximate surface area is 104 Å². The number of piperidine rings is 1. The van der Waals surface area contributed by atoms with Gasteiger partial charge in [-0.1, -0.05) is 0 Å². The van der Waals surface area contributed by atoms with Crippen LogP contribution in [0.3, 0.4) is 0 Å². The fraction of sp³-hybridized carbons (Fsp3) is 0.455. The van der Waals surface area contributed by atoms with Crippen LogP contribution in [0.15, 0.2) is 6.20 Å². The second-order valence-electron chi connectivity index (χ2n) is 4.18. The largest absolute Gasteiger partial charge is 0.481 e. The predicted molar refractivity (Wildman–Crippen MR) is 63.7 cm³/mol. The fourth-order valence-electron chi connectivity index (χ4n) is 1.95. The van der Waals surface area contributed by atoms with Gasteiger partial charge in [0.2, 0.25) is 5.95 Å². The third-order valence-corrected chi connectivity index (χ3v) is 3.05. The molecule has 1 aliphatic heterocycles.